The second-order valence-corrected chi connectivity index (χ2v) is 6.35. The average molecular weight is 264 g/mol. The van der Waals surface area contributed by atoms with Gasteiger partial charge in [-0.3, -0.25) is 4.68 Å². The molecule has 0 aromatic carbocycles. The Morgan fingerprint density at radius 3 is 2.84 bits per heavy atom. The van der Waals surface area contributed by atoms with Gasteiger partial charge in [-0.1, -0.05) is 26.2 Å². The molecule has 0 radical (unpaired) electrons. The van der Waals surface area contributed by atoms with Gasteiger partial charge in [-0.15, -0.1) is 0 Å². The number of aliphatic hydroxyl groups is 1. The molecule has 1 aromatic rings. The first-order valence-electron chi connectivity index (χ1n) is 7.82. The highest BCUT2D eigenvalue weighted by Crippen LogP contribution is 2.33. The molecule has 1 saturated carbocycles. The lowest BCUT2D eigenvalue weighted by Crippen LogP contribution is -2.28. The summed E-state index contributed by atoms with van der Waals surface area (Å²) in [7, 11) is 0. The zero-order valence-corrected chi connectivity index (χ0v) is 12.5. The molecular formula is C16H28N2O. The van der Waals surface area contributed by atoms with E-state index in [2.05, 4.69) is 25.9 Å². The molecule has 0 bridgehead atoms. The van der Waals surface area contributed by atoms with Gasteiger partial charge in [0.25, 0.3) is 0 Å². The quantitative estimate of drug-likeness (QED) is 0.882. The van der Waals surface area contributed by atoms with E-state index in [1.54, 1.807) is 0 Å². The van der Waals surface area contributed by atoms with E-state index in [1.807, 2.05) is 16.9 Å². The Morgan fingerprint density at radius 1 is 1.42 bits per heavy atom. The van der Waals surface area contributed by atoms with E-state index in [-0.39, 0.29) is 6.10 Å². The number of hydrogen-bond donors (Lipinski definition) is 1. The Labute approximate surface area is 117 Å². The van der Waals surface area contributed by atoms with Crippen LogP contribution in [0.4, 0.5) is 0 Å². The van der Waals surface area contributed by atoms with Gasteiger partial charge in [-0.25, -0.2) is 0 Å². The van der Waals surface area contributed by atoms with Crippen LogP contribution in [0.15, 0.2) is 12.3 Å². The summed E-state index contributed by atoms with van der Waals surface area (Å²) in [6.07, 6.45) is 8.77. The Kier molecular flexibility index (Phi) is 5.03. The largest absolute Gasteiger partial charge is 0.392 e. The van der Waals surface area contributed by atoms with Crippen molar-refractivity contribution in [2.75, 3.05) is 0 Å². The van der Waals surface area contributed by atoms with Gasteiger partial charge >= 0.3 is 0 Å². The minimum Gasteiger partial charge on any atom is -0.392 e. The van der Waals surface area contributed by atoms with Crippen LogP contribution in [0.2, 0.25) is 0 Å². The zero-order chi connectivity index (χ0) is 13.8. The Morgan fingerprint density at radius 2 is 2.21 bits per heavy atom. The van der Waals surface area contributed by atoms with Crippen LogP contribution in [0, 0.1) is 11.8 Å². The smallest absolute Gasteiger partial charge is 0.0650 e. The fourth-order valence-electron chi connectivity index (χ4n) is 3.21. The van der Waals surface area contributed by atoms with Gasteiger partial charge in [0, 0.05) is 18.7 Å². The maximum atomic E-state index is 10.4. The number of rotatable bonds is 5. The molecule has 108 valence electrons. The highest BCUT2D eigenvalue weighted by molar-refractivity contribution is 5.02. The van der Waals surface area contributed by atoms with Crippen LogP contribution in [-0.4, -0.2) is 21.0 Å². The molecule has 3 unspecified atom stereocenters. The van der Waals surface area contributed by atoms with Gasteiger partial charge in [0.05, 0.1) is 11.8 Å². The van der Waals surface area contributed by atoms with Crippen LogP contribution in [0.25, 0.3) is 0 Å². The van der Waals surface area contributed by atoms with Crippen LogP contribution in [0.5, 0.6) is 0 Å². The van der Waals surface area contributed by atoms with E-state index < -0.39 is 0 Å². The van der Waals surface area contributed by atoms with Gasteiger partial charge in [0.2, 0.25) is 0 Å². The van der Waals surface area contributed by atoms with Crippen molar-refractivity contribution >= 4 is 0 Å². The van der Waals surface area contributed by atoms with Gasteiger partial charge < -0.3 is 5.11 Å². The number of nitrogens with zero attached hydrogens (tertiary/aromatic N) is 2. The van der Waals surface area contributed by atoms with E-state index in [1.165, 1.54) is 32.1 Å². The summed E-state index contributed by atoms with van der Waals surface area (Å²) in [6.45, 7) is 6.52. The summed E-state index contributed by atoms with van der Waals surface area (Å²) < 4.78 is 1.97. The normalized spacial score (nSPS) is 25.7. The van der Waals surface area contributed by atoms with Crippen molar-refractivity contribution in [3.63, 3.8) is 0 Å². The maximum absolute atomic E-state index is 10.4. The summed E-state index contributed by atoms with van der Waals surface area (Å²) in [5, 5.41) is 15.0. The second kappa shape index (κ2) is 6.56. The highest BCUT2D eigenvalue weighted by atomic mass is 16.3. The monoisotopic (exact) mass is 264 g/mol. The minimum atomic E-state index is -0.218. The van der Waals surface area contributed by atoms with Crippen molar-refractivity contribution in [3.05, 3.63) is 18.0 Å². The van der Waals surface area contributed by atoms with Crippen molar-refractivity contribution < 1.29 is 5.11 Å². The van der Waals surface area contributed by atoms with Crippen LogP contribution < -0.4 is 0 Å². The molecule has 0 aliphatic heterocycles. The molecule has 1 heterocycles. The molecular weight excluding hydrogens is 236 g/mol. The lowest BCUT2D eigenvalue weighted by atomic mass is 9.77. The molecule has 0 saturated heterocycles. The summed E-state index contributed by atoms with van der Waals surface area (Å²) in [5.41, 5.74) is 1.03. The first kappa shape index (κ1) is 14.6. The Bertz CT molecular complexity index is 386. The maximum Gasteiger partial charge on any atom is 0.0650 e. The van der Waals surface area contributed by atoms with Crippen molar-refractivity contribution in [2.45, 2.75) is 71.4 Å². The van der Waals surface area contributed by atoms with Crippen molar-refractivity contribution in [2.24, 2.45) is 11.8 Å². The fraction of sp³-hybridized carbons (Fsp3) is 0.812. The predicted molar refractivity (Wildman–Crippen MR) is 78.1 cm³/mol. The molecule has 1 N–H and O–H groups in total. The molecule has 3 atom stereocenters. The van der Waals surface area contributed by atoms with E-state index in [0.29, 0.717) is 18.4 Å². The molecule has 1 aliphatic carbocycles. The molecule has 1 fully saturated rings. The standard InChI is InChI=1S/C16H28N2O/c1-4-13-6-5-7-14(10-13)16(19)11-15-8-9-18(17-15)12(2)3/h8-9,12-14,16,19H,4-7,10-11H2,1-3H3. The van der Waals surface area contributed by atoms with Gasteiger partial charge in [0.15, 0.2) is 0 Å². The zero-order valence-electron chi connectivity index (χ0n) is 12.5. The van der Waals surface area contributed by atoms with E-state index in [9.17, 15) is 5.11 Å². The summed E-state index contributed by atoms with van der Waals surface area (Å²) in [4.78, 5) is 0. The van der Waals surface area contributed by atoms with E-state index >= 15 is 0 Å². The number of hydrogen-bond acceptors (Lipinski definition) is 2. The van der Waals surface area contributed by atoms with Crippen LogP contribution in [0.3, 0.4) is 0 Å². The number of aliphatic hydroxyl groups excluding tert-OH is 1. The van der Waals surface area contributed by atoms with Gasteiger partial charge in [-0.05, 0) is 44.6 Å². The third-order valence-corrected chi connectivity index (χ3v) is 4.56. The Hall–Kier alpha value is -0.830. The third kappa shape index (κ3) is 3.82. The molecule has 3 nitrogen and oxygen atoms in total. The Balaban J connectivity index is 1.90. The molecule has 0 spiro atoms. The lowest BCUT2D eigenvalue weighted by molar-refractivity contribution is 0.0676. The summed E-state index contributed by atoms with van der Waals surface area (Å²) >= 11 is 0. The van der Waals surface area contributed by atoms with Crippen LogP contribution >= 0.6 is 0 Å². The number of aromatic nitrogens is 2. The molecule has 3 heteroatoms. The first-order chi connectivity index (χ1) is 9.10. The first-order valence-corrected chi connectivity index (χ1v) is 7.82. The molecule has 19 heavy (non-hydrogen) atoms. The van der Waals surface area contributed by atoms with Crippen molar-refractivity contribution in [1.82, 2.24) is 9.78 Å². The second-order valence-electron chi connectivity index (χ2n) is 6.35. The van der Waals surface area contributed by atoms with E-state index in [0.717, 1.165) is 11.6 Å². The van der Waals surface area contributed by atoms with Crippen molar-refractivity contribution in [3.8, 4) is 0 Å². The lowest BCUT2D eigenvalue weighted by Gasteiger charge is -2.31. The summed E-state index contributed by atoms with van der Waals surface area (Å²) in [6, 6.07) is 2.44. The predicted octanol–water partition coefficient (Wildman–Crippen LogP) is 3.58. The van der Waals surface area contributed by atoms with Gasteiger partial charge in [0.1, 0.15) is 0 Å². The molecule has 1 aliphatic rings. The topological polar surface area (TPSA) is 38.0 Å². The van der Waals surface area contributed by atoms with E-state index in [4.69, 9.17) is 0 Å². The van der Waals surface area contributed by atoms with Gasteiger partial charge in [-0.2, -0.15) is 5.10 Å². The van der Waals surface area contributed by atoms with Crippen LogP contribution in [-0.2, 0) is 6.42 Å². The van der Waals surface area contributed by atoms with Crippen LogP contribution in [0.1, 0.15) is 64.6 Å². The highest BCUT2D eigenvalue weighted by Gasteiger charge is 2.27. The molecule has 0 amide bonds. The molecule has 2 rings (SSSR count). The third-order valence-electron chi connectivity index (χ3n) is 4.56. The SMILES string of the molecule is CCC1CCCC(C(O)Cc2ccn(C(C)C)n2)C1. The minimum absolute atomic E-state index is 0.218. The van der Waals surface area contributed by atoms with Crippen molar-refractivity contribution in [1.29, 1.82) is 0 Å². The average Bonchev–Trinajstić information content (AvgIpc) is 2.87. The molecule has 1 aromatic heterocycles. The summed E-state index contributed by atoms with van der Waals surface area (Å²) in [5.74, 6) is 1.30. The fourth-order valence-corrected chi connectivity index (χ4v) is 3.21.